The van der Waals surface area contributed by atoms with E-state index in [1.54, 1.807) is 17.0 Å². The average Bonchev–Trinajstić information content (AvgIpc) is 3.15. The van der Waals surface area contributed by atoms with Gasteiger partial charge in [0.25, 0.3) is 0 Å². The Morgan fingerprint density at radius 1 is 0.828 bits per heavy atom. The summed E-state index contributed by atoms with van der Waals surface area (Å²) in [6, 6.07) is 0. The number of unbranched alkanes of at least 4 members (excludes halogenated alkanes) is 15. The Balaban J connectivity index is 1.72. The van der Waals surface area contributed by atoms with Crippen LogP contribution in [0.1, 0.15) is 122 Å². The monoisotopic (exact) mass is 425 g/mol. The van der Waals surface area contributed by atoms with Gasteiger partial charge in [0, 0.05) is 18.8 Å². The summed E-state index contributed by atoms with van der Waals surface area (Å²) in [6.07, 6.45) is 26.2. The van der Waals surface area contributed by atoms with Gasteiger partial charge < -0.3 is 10.8 Å². The molecule has 1 rings (SSSR count). The van der Waals surface area contributed by atoms with E-state index in [2.05, 4.69) is 11.9 Å². The van der Waals surface area contributed by atoms with Crippen molar-refractivity contribution in [2.75, 3.05) is 17.2 Å². The molecule has 29 heavy (non-hydrogen) atoms. The first kappa shape index (κ1) is 26.4. The Kier molecular flexibility index (Phi) is 17.5. The molecule has 1 unspecified atom stereocenters. The van der Waals surface area contributed by atoms with Crippen LogP contribution in [0.4, 0.5) is 5.95 Å². The summed E-state index contributed by atoms with van der Waals surface area (Å²) in [4.78, 5) is 3.94. The van der Waals surface area contributed by atoms with Crippen molar-refractivity contribution in [3.8, 4) is 0 Å². The van der Waals surface area contributed by atoms with Crippen LogP contribution in [0.15, 0.2) is 12.4 Å². The van der Waals surface area contributed by atoms with E-state index in [0.29, 0.717) is 5.95 Å². The molecule has 1 aromatic rings. The average molecular weight is 426 g/mol. The van der Waals surface area contributed by atoms with Crippen LogP contribution in [0.2, 0.25) is 0 Å². The third kappa shape index (κ3) is 14.9. The van der Waals surface area contributed by atoms with Gasteiger partial charge in [0.15, 0.2) is 0 Å². The van der Waals surface area contributed by atoms with Crippen molar-refractivity contribution in [2.24, 2.45) is 0 Å². The highest BCUT2D eigenvalue weighted by Gasteiger charge is 2.08. The summed E-state index contributed by atoms with van der Waals surface area (Å²) < 4.78 is 1.63. The fourth-order valence-corrected chi connectivity index (χ4v) is 4.75. The lowest BCUT2D eigenvalue weighted by Gasteiger charge is -2.13. The fourth-order valence-electron chi connectivity index (χ4n) is 3.76. The number of aliphatic hydroxyl groups excluding tert-OH is 1. The van der Waals surface area contributed by atoms with Crippen LogP contribution in [0.5, 0.6) is 0 Å². The number of imidazole rings is 1. The molecular formula is C24H47N3OS. The minimum atomic E-state index is -0.546. The number of thioether (sulfide) groups is 1. The topological polar surface area (TPSA) is 64.1 Å². The first-order chi connectivity index (χ1) is 14.3. The Hall–Kier alpha value is -0.680. The van der Waals surface area contributed by atoms with E-state index in [4.69, 9.17) is 5.73 Å². The Bertz CT molecular complexity index is 467. The molecular weight excluding hydrogens is 378 g/mol. The van der Waals surface area contributed by atoms with Crippen molar-refractivity contribution >= 4 is 17.7 Å². The van der Waals surface area contributed by atoms with Gasteiger partial charge in [0.1, 0.15) is 6.23 Å². The number of aliphatic hydroxyl groups is 1. The standard InChI is InChI=1S/C24H47N3OS/c1-2-3-4-5-6-7-8-9-10-11-12-13-14-15-16-17-21-29-22-18-23(28)27-20-19-26-24(27)25/h19-20,23,28H,2-18,21-22H2,1H3,(H2,25,26). The number of hydrogen-bond acceptors (Lipinski definition) is 4. The second kappa shape index (κ2) is 19.3. The van der Waals surface area contributed by atoms with Gasteiger partial charge in [-0.2, -0.15) is 11.8 Å². The Labute approximate surface area is 184 Å². The highest BCUT2D eigenvalue weighted by molar-refractivity contribution is 7.99. The molecule has 0 fully saturated rings. The van der Waals surface area contributed by atoms with E-state index in [0.717, 1.165) is 12.2 Å². The zero-order chi connectivity index (χ0) is 21.0. The second-order valence-electron chi connectivity index (χ2n) is 8.38. The molecule has 0 aromatic carbocycles. The number of anilines is 1. The van der Waals surface area contributed by atoms with Gasteiger partial charge in [-0.3, -0.25) is 4.57 Å². The van der Waals surface area contributed by atoms with E-state index in [1.807, 2.05) is 11.8 Å². The number of rotatable bonds is 21. The minimum absolute atomic E-state index is 0.389. The summed E-state index contributed by atoms with van der Waals surface area (Å²) in [5.74, 6) is 2.56. The quantitative estimate of drug-likeness (QED) is 0.202. The van der Waals surface area contributed by atoms with Crippen LogP contribution in [-0.2, 0) is 0 Å². The predicted octanol–water partition coefficient (Wildman–Crippen LogP) is 7.34. The van der Waals surface area contributed by atoms with Crippen molar-refractivity contribution in [3.63, 3.8) is 0 Å². The normalized spacial score (nSPS) is 12.5. The molecule has 0 saturated heterocycles. The van der Waals surface area contributed by atoms with E-state index >= 15 is 0 Å². The van der Waals surface area contributed by atoms with Gasteiger partial charge in [-0.25, -0.2) is 4.98 Å². The largest absolute Gasteiger partial charge is 0.373 e. The SMILES string of the molecule is CCCCCCCCCCCCCCCCCCSCCC(O)n1ccnc1N. The third-order valence-corrected chi connectivity index (χ3v) is 6.78. The first-order valence-corrected chi connectivity index (χ1v) is 13.4. The molecule has 1 atom stereocenters. The van der Waals surface area contributed by atoms with Crippen molar-refractivity contribution in [3.05, 3.63) is 12.4 Å². The smallest absolute Gasteiger partial charge is 0.202 e. The molecule has 0 amide bonds. The predicted molar refractivity (Wildman–Crippen MR) is 129 cm³/mol. The van der Waals surface area contributed by atoms with Gasteiger partial charge in [-0.05, 0) is 17.9 Å². The maximum atomic E-state index is 10.1. The third-order valence-electron chi connectivity index (χ3n) is 5.68. The molecule has 0 aliphatic heterocycles. The molecule has 1 heterocycles. The van der Waals surface area contributed by atoms with E-state index < -0.39 is 6.23 Å². The molecule has 3 N–H and O–H groups in total. The molecule has 170 valence electrons. The van der Waals surface area contributed by atoms with Crippen LogP contribution in [0.3, 0.4) is 0 Å². The van der Waals surface area contributed by atoms with Crippen LogP contribution >= 0.6 is 11.8 Å². The van der Waals surface area contributed by atoms with Crippen LogP contribution in [0, 0.1) is 0 Å². The number of aromatic nitrogens is 2. The van der Waals surface area contributed by atoms with Crippen LogP contribution in [-0.4, -0.2) is 26.2 Å². The number of hydrogen-bond donors (Lipinski definition) is 2. The maximum Gasteiger partial charge on any atom is 0.202 e. The number of nitrogen functional groups attached to an aromatic ring is 1. The van der Waals surface area contributed by atoms with Gasteiger partial charge >= 0.3 is 0 Å². The van der Waals surface area contributed by atoms with E-state index in [1.165, 1.54) is 108 Å². The lowest BCUT2D eigenvalue weighted by atomic mass is 10.0. The lowest BCUT2D eigenvalue weighted by molar-refractivity contribution is 0.103. The van der Waals surface area contributed by atoms with Crippen LogP contribution < -0.4 is 5.73 Å². The molecule has 0 bridgehead atoms. The molecule has 4 nitrogen and oxygen atoms in total. The molecule has 0 saturated carbocycles. The highest BCUT2D eigenvalue weighted by Crippen LogP contribution is 2.17. The summed E-state index contributed by atoms with van der Waals surface area (Å²) in [5, 5.41) is 10.1. The van der Waals surface area contributed by atoms with Crippen LogP contribution in [0.25, 0.3) is 0 Å². The fraction of sp³-hybridized carbons (Fsp3) is 0.875. The van der Waals surface area contributed by atoms with Crippen molar-refractivity contribution in [1.29, 1.82) is 0 Å². The molecule has 0 radical (unpaired) electrons. The van der Waals surface area contributed by atoms with E-state index in [-0.39, 0.29) is 0 Å². The summed E-state index contributed by atoms with van der Waals surface area (Å²) in [5.41, 5.74) is 5.70. The Morgan fingerprint density at radius 3 is 1.76 bits per heavy atom. The van der Waals surface area contributed by atoms with Gasteiger partial charge in [0.2, 0.25) is 5.95 Å². The second-order valence-corrected chi connectivity index (χ2v) is 9.60. The van der Waals surface area contributed by atoms with Crippen molar-refractivity contribution in [1.82, 2.24) is 9.55 Å². The van der Waals surface area contributed by atoms with Gasteiger partial charge in [0.05, 0.1) is 0 Å². The molecule has 5 heteroatoms. The molecule has 0 aliphatic carbocycles. The summed E-state index contributed by atoms with van der Waals surface area (Å²) in [6.45, 7) is 2.29. The Morgan fingerprint density at radius 2 is 1.31 bits per heavy atom. The summed E-state index contributed by atoms with van der Waals surface area (Å²) in [7, 11) is 0. The van der Waals surface area contributed by atoms with Gasteiger partial charge in [-0.15, -0.1) is 0 Å². The molecule has 0 aliphatic rings. The zero-order valence-electron chi connectivity index (χ0n) is 19.0. The number of nitrogens with two attached hydrogens (primary N) is 1. The molecule has 1 aromatic heterocycles. The zero-order valence-corrected chi connectivity index (χ0v) is 19.8. The highest BCUT2D eigenvalue weighted by atomic mass is 32.2. The van der Waals surface area contributed by atoms with Gasteiger partial charge in [-0.1, -0.05) is 103 Å². The van der Waals surface area contributed by atoms with Crippen molar-refractivity contribution < 1.29 is 5.11 Å². The lowest BCUT2D eigenvalue weighted by Crippen LogP contribution is -2.11. The minimum Gasteiger partial charge on any atom is -0.373 e. The molecule has 0 spiro atoms. The summed E-state index contributed by atoms with van der Waals surface area (Å²) >= 11 is 1.94. The maximum absolute atomic E-state index is 10.1. The van der Waals surface area contributed by atoms with Crippen molar-refractivity contribution in [2.45, 2.75) is 122 Å². The number of nitrogens with zero attached hydrogens (tertiary/aromatic N) is 2. The first-order valence-electron chi connectivity index (χ1n) is 12.3. The van der Waals surface area contributed by atoms with E-state index in [9.17, 15) is 5.11 Å².